The third kappa shape index (κ3) is 2.98. The molecular weight excluding hydrogens is 362 g/mol. The molecule has 7 nitrogen and oxygen atoms in total. The second-order valence-corrected chi connectivity index (χ2v) is 7.03. The first-order valence-corrected chi connectivity index (χ1v) is 9.29. The van der Waals surface area contributed by atoms with Gasteiger partial charge in [-0.3, -0.25) is 4.79 Å². The summed E-state index contributed by atoms with van der Waals surface area (Å²) in [6.07, 6.45) is 1.69. The number of carbonyl (C=O) groups is 1. The lowest BCUT2D eigenvalue weighted by atomic mass is 10.0. The number of ketones is 1. The fourth-order valence-corrected chi connectivity index (χ4v) is 3.71. The van der Waals surface area contributed by atoms with Crippen molar-refractivity contribution in [1.29, 1.82) is 0 Å². The smallest absolute Gasteiger partial charge is 0.231 e. The highest BCUT2D eigenvalue weighted by Gasteiger charge is 2.33. The van der Waals surface area contributed by atoms with Crippen LogP contribution < -0.4 is 19.1 Å². The zero-order valence-corrected chi connectivity index (χ0v) is 15.2. The number of hydrogen-bond donors (Lipinski definition) is 2. The number of benzene rings is 2. The van der Waals surface area contributed by atoms with Crippen LogP contribution in [0.4, 0.5) is 0 Å². The molecule has 2 aromatic rings. The number of Topliss-reactive ketones (excluding diaryl/α,β-unsaturated/α-hetero) is 1. The summed E-state index contributed by atoms with van der Waals surface area (Å²) >= 11 is 0. The average molecular weight is 382 g/mol. The quantitative estimate of drug-likeness (QED) is 0.776. The third-order valence-electron chi connectivity index (χ3n) is 5.24. The Labute approximate surface area is 161 Å². The van der Waals surface area contributed by atoms with Crippen LogP contribution in [-0.4, -0.2) is 44.0 Å². The maximum atomic E-state index is 12.8. The van der Waals surface area contributed by atoms with E-state index < -0.39 is 0 Å². The summed E-state index contributed by atoms with van der Waals surface area (Å²) in [5, 5.41) is 10.4. The lowest BCUT2D eigenvalue weighted by Crippen LogP contribution is -3.12. The molecule has 144 valence electrons. The maximum Gasteiger partial charge on any atom is 0.231 e. The summed E-state index contributed by atoms with van der Waals surface area (Å²) in [6, 6.07) is 8.65. The minimum Gasteiger partial charge on any atom is -0.507 e. The van der Waals surface area contributed by atoms with Gasteiger partial charge in [-0.05, 0) is 35.9 Å². The Hall–Kier alpha value is -3.03. The molecule has 0 aliphatic carbocycles. The fraction of sp³-hybridized carbons (Fsp3) is 0.286. The van der Waals surface area contributed by atoms with E-state index in [0.29, 0.717) is 48.1 Å². The van der Waals surface area contributed by atoms with Gasteiger partial charge in [0.25, 0.3) is 0 Å². The van der Waals surface area contributed by atoms with Crippen LogP contribution in [0.2, 0.25) is 0 Å². The molecular formula is C21H20NO6+. The van der Waals surface area contributed by atoms with E-state index in [0.717, 1.165) is 18.7 Å². The van der Waals surface area contributed by atoms with Crippen LogP contribution in [0.15, 0.2) is 36.1 Å². The number of aromatic hydroxyl groups is 1. The fourth-order valence-electron chi connectivity index (χ4n) is 3.71. The number of nitrogens with one attached hydrogen (secondary N) is 1. The molecule has 0 saturated carbocycles. The molecule has 3 heterocycles. The summed E-state index contributed by atoms with van der Waals surface area (Å²) < 4.78 is 22.0. The number of rotatable bonds is 3. The number of morpholine rings is 1. The van der Waals surface area contributed by atoms with Crippen LogP contribution in [0.5, 0.6) is 23.0 Å². The normalized spacial score (nSPS) is 19.7. The van der Waals surface area contributed by atoms with Crippen molar-refractivity contribution in [3.63, 3.8) is 0 Å². The van der Waals surface area contributed by atoms with Gasteiger partial charge >= 0.3 is 0 Å². The predicted octanol–water partition coefficient (Wildman–Crippen LogP) is 1.15. The zero-order valence-electron chi connectivity index (χ0n) is 15.2. The Kier molecular flexibility index (Phi) is 4.18. The molecule has 0 amide bonds. The Morgan fingerprint density at radius 1 is 1.07 bits per heavy atom. The molecule has 5 rings (SSSR count). The van der Waals surface area contributed by atoms with Crippen molar-refractivity contribution in [2.75, 3.05) is 33.1 Å². The molecule has 28 heavy (non-hydrogen) atoms. The molecule has 0 aromatic heterocycles. The second-order valence-electron chi connectivity index (χ2n) is 7.03. The molecule has 7 heteroatoms. The average Bonchev–Trinajstić information content (AvgIpc) is 3.30. The molecule has 3 aliphatic heterocycles. The number of carbonyl (C=O) groups excluding carboxylic acids is 1. The third-order valence-corrected chi connectivity index (χ3v) is 5.24. The number of ether oxygens (including phenoxy) is 4. The van der Waals surface area contributed by atoms with Crippen LogP contribution in [0, 0.1) is 0 Å². The Balaban J connectivity index is 1.45. The van der Waals surface area contributed by atoms with Crippen LogP contribution in [-0.2, 0) is 11.3 Å². The number of phenolic OH excluding ortho intramolecular Hbond substituents is 1. The summed E-state index contributed by atoms with van der Waals surface area (Å²) in [6.45, 7) is 3.89. The number of allylic oxidation sites excluding steroid dienone is 1. The second kappa shape index (κ2) is 6.85. The van der Waals surface area contributed by atoms with E-state index in [2.05, 4.69) is 0 Å². The minimum absolute atomic E-state index is 0.148. The highest BCUT2D eigenvalue weighted by molar-refractivity contribution is 6.15. The molecule has 1 fully saturated rings. The van der Waals surface area contributed by atoms with E-state index in [4.69, 9.17) is 18.9 Å². The molecule has 0 spiro atoms. The van der Waals surface area contributed by atoms with E-state index >= 15 is 0 Å². The van der Waals surface area contributed by atoms with Gasteiger partial charge in [-0.1, -0.05) is 6.07 Å². The first-order valence-electron chi connectivity index (χ1n) is 9.29. The van der Waals surface area contributed by atoms with E-state index in [9.17, 15) is 9.90 Å². The van der Waals surface area contributed by atoms with Crippen molar-refractivity contribution in [2.45, 2.75) is 6.54 Å². The molecule has 0 bridgehead atoms. The van der Waals surface area contributed by atoms with Gasteiger partial charge in [-0.25, -0.2) is 0 Å². The van der Waals surface area contributed by atoms with Crippen molar-refractivity contribution >= 4 is 11.9 Å². The Bertz CT molecular complexity index is 977. The van der Waals surface area contributed by atoms with Crippen molar-refractivity contribution in [3.8, 4) is 23.0 Å². The molecule has 0 radical (unpaired) electrons. The summed E-state index contributed by atoms with van der Waals surface area (Å²) in [4.78, 5) is 14.1. The molecule has 3 aliphatic rings. The number of fused-ring (bicyclic) bond motifs is 2. The minimum atomic E-state index is -0.189. The SMILES string of the molecule is O=C1/C(=C\c2ccc3c(c2)OCO3)Oc2c1ccc(O)c2C[NH+]1CCOCC1. The van der Waals surface area contributed by atoms with Crippen LogP contribution in [0.1, 0.15) is 21.5 Å². The molecule has 2 N–H and O–H groups in total. The molecule has 1 saturated heterocycles. The summed E-state index contributed by atoms with van der Waals surface area (Å²) in [7, 11) is 0. The maximum absolute atomic E-state index is 12.8. The van der Waals surface area contributed by atoms with Gasteiger partial charge < -0.3 is 29.0 Å². The lowest BCUT2D eigenvalue weighted by molar-refractivity contribution is -0.921. The monoisotopic (exact) mass is 382 g/mol. The van der Waals surface area contributed by atoms with Crippen LogP contribution in [0.3, 0.4) is 0 Å². The predicted molar refractivity (Wildman–Crippen MR) is 98.8 cm³/mol. The summed E-state index contributed by atoms with van der Waals surface area (Å²) in [5.74, 6) is 1.98. The first kappa shape index (κ1) is 17.1. The number of hydrogen-bond acceptors (Lipinski definition) is 6. The van der Waals surface area contributed by atoms with Gasteiger partial charge in [-0.15, -0.1) is 0 Å². The summed E-state index contributed by atoms with van der Waals surface area (Å²) in [5.41, 5.74) is 1.93. The van der Waals surface area contributed by atoms with Gasteiger partial charge in [0.2, 0.25) is 12.6 Å². The topological polar surface area (TPSA) is 78.7 Å². The lowest BCUT2D eigenvalue weighted by Gasteiger charge is -2.24. The Morgan fingerprint density at radius 3 is 2.75 bits per heavy atom. The highest BCUT2D eigenvalue weighted by atomic mass is 16.7. The van der Waals surface area contributed by atoms with Crippen molar-refractivity contribution in [1.82, 2.24) is 0 Å². The van der Waals surface area contributed by atoms with Gasteiger partial charge in [0.15, 0.2) is 23.0 Å². The molecule has 0 atom stereocenters. The van der Waals surface area contributed by atoms with Crippen LogP contribution in [0.25, 0.3) is 6.08 Å². The van der Waals surface area contributed by atoms with Crippen molar-refractivity contribution in [3.05, 3.63) is 52.8 Å². The highest BCUT2D eigenvalue weighted by Crippen LogP contribution is 2.40. The molecule has 2 aromatic carbocycles. The molecule has 0 unspecified atom stereocenters. The van der Waals surface area contributed by atoms with Gasteiger partial charge in [-0.2, -0.15) is 0 Å². The van der Waals surface area contributed by atoms with E-state index in [-0.39, 0.29) is 24.1 Å². The van der Waals surface area contributed by atoms with Crippen LogP contribution >= 0.6 is 0 Å². The first-order chi connectivity index (χ1) is 13.7. The van der Waals surface area contributed by atoms with Gasteiger partial charge in [0.05, 0.1) is 24.3 Å². The zero-order chi connectivity index (χ0) is 19.1. The van der Waals surface area contributed by atoms with Gasteiger partial charge in [0, 0.05) is 0 Å². The number of quaternary nitrogens is 1. The van der Waals surface area contributed by atoms with E-state index in [1.165, 1.54) is 4.90 Å². The Morgan fingerprint density at radius 2 is 1.89 bits per heavy atom. The van der Waals surface area contributed by atoms with E-state index in [1.54, 1.807) is 24.3 Å². The largest absolute Gasteiger partial charge is 0.507 e. The van der Waals surface area contributed by atoms with Crippen molar-refractivity contribution in [2.24, 2.45) is 0 Å². The standard InChI is InChI=1S/C21H19NO6/c23-16-3-2-14-20(24)19(10-13-1-4-17-18(9-13)27-12-26-17)28-21(14)15(16)11-22-5-7-25-8-6-22/h1-4,9-10,23H,5-8,11-12H2/p+1/b19-10+. The van der Waals surface area contributed by atoms with Crippen molar-refractivity contribution < 1.29 is 33.7 Å². The van der Waals surface area contributed by atoms with Gasteiger partial charge in [0.1, 0.15) is 25.4 Å². The number of phenols is 1. The van der Waals surface area contributed by atoms with E-state index in [1.807, 2.05) is 12.1 Å².